The molecule has 1 unspecified atom stereocenters. The molecule has 1 aromatic carbocycles. The van der Waals surface area contributed by atoms with Gasteiger partial charge in [0, 0.05) is 5.56 Å². The van der Waals surface area contributed by atoms with E-state index >= 15 is 0 Å². The summed E-state index contributed by atoms with van der Waals surface area (Å²) in [7, 11) is 1.33. The summed E-state index contributed by atoms with van der Waals surface area (Å²) in [5, 5.41) is 13.4. The number of rotatable bonds is 4. The first-order valence-corrected chi connectivity index (χ1v) is 7.76. The number of piperidine rings is 1. The maximum atomic E-state index is 14.1. The number of hydrogen-bond acceptors (Lipinski definition) is 4. The lowest BCUT2D eigenvalue weighted by Crippen LogP contribution is -2.34. The normalized spacial score (nSPS) is 17.5. The summed E-state index contributed by atoms with van der Waals surface area (Å²) in [4.78, 5) is 12.3. The lowest BCUT2D eigenvalue weighted by atomic mass is 9.79. The molecule has 1 aliphatic rings. The first-order chi connectivity index (χ1) is 10.5. The Hall–Kier alpha value is -1.62. The van der Waals surface area contributed by atoms with Crippen LogP contribution in [0.4, 0.5) is 4.39 Å². The molecule has 0 aromatic heterocycles. The lowest BCUT2D eigenvalue weighted by Gasteiger charge is -2.30. The van der Waals surface area contributed by atoms with Crippen molar-refractivity contribution in [3.05, 3.63) is 29.1 Å². The van der Waals surface area contributed by atoms with Crippen molar-refractivity contribution in [1.29, 1.82) is 0 Å². The molecule has 2 N–H and O–H groups in total. The van der Waals surface area contributed by atoms with Crippen molar-refractivity contribution in [1.82, 2.24) is 5.32 Å². The van der Waals surface area contributed by atoms with Gasteiger partial charge < -0.3 is 15.2 Å². The molecule has 1 saturated heterocycles. The van der Waals surface area contributed by atoms with Gasteiger partial charge in [-0.15, -0.1) is 0 Å². The highest BCUT2D eigenvalue weighted by Crippen LogP contribution is 2.39. The van der Waals surface area contributed by atoms with E-state index < -0.39 is 23.5 Å². The number of esters is 1. The van der Waals surface area contributed by atoms with Gasteiger partial charge in [0.2, 0.25) is 0 Å². The van der Waals surface area contributed by atoms with Crippen molar-refractivity contribution in [2.24, 2.45) is 5.92 Å². The third kappa shape index (κ3) is 3.40. The predicted molar refractivity (Wildman–Crippen MR) is 82.5 cm³/mol. The minimum atomic E-state index is -0.677. The van der Waals surface area contributed by atoms with E-state index in [-0.39, 0.29) is 11.8 Å². The molecule has 22 heavy (non-hydrogen) atoms. The summed E-state index contributed by atoms with van der Waals surface area (Å²) >= 11 is 0. The zero-order valence-corrected chi connectivity index (χ0v) is 13.4. The van der Waals surface area contributed by atoms with Crippen LogP contribution in [0, 0.1) is 11.7 Å². The molecule has 0 bridgehead atoms. The maximum absolute atomic E-state index is 14.1. The second-order valence-corrected chi connectivity index (χ2v) is 6.18. The van der Waals surface area contributed by atoms with Gasteiger partial charge in [0.1, 0.15) is 0 Å². The maximum Gasteiger partial charge on any atom is 0.313 e. The van der Waals surface area contributed by atoms with E-state index in [2.05, 4.69) is 5.32 Å². The lowest BCUT2D eigenvalue weighted by molar-refractivity contribution is -0.144. The largest absolute Gasteiger partial charge is 0.505 e. The van der Waals surface area contributed by atoms with Crippen LogP contribution in [0.2, 0.25) is 0 Å². The number of hydrogen-bond donors (Lipinski definition) is 2. The number of phenols is 1. The standard InChI is InChI=1S/C17H24FNO3/c1-10(2)12-8-13(16(20)14(18)9-12)15(17(21)22-3)11-4-6-19-7-5-11/h8-11,15,19-20H,4-7H2,1-3H3. The number of phenolic OH excluding ortho intramolecular Hbond substituents is 1. The van der Waals surface area contributed by atoms with Crippen LogP contribution < -0.4 is 5.32 Å². The Morgan fingerprint density at radius 2 is 2.00 bits per heavy atom. The summed E-state index contributed by atoms with van der Waals surface area (Å²) in [5.41, 5.74) is 1.12. The first kappa shape index (κ1) is 16.7. The predicted octanol–water partition coefficient (Wildman–Crippen LogP) is 2.91. The second-order valence-electron chi connectivity index (χ2n) is 6.18. The van der Waals surface area contributed by atoms with Crippen molar-refractivity contribution in [3.63, 3.8) is 0 Å². The fourth-order valence-corrected chi connectivity index (χ4v) is 3.09. The fraction of sp³-hybridized carbons (Fsp3) is 0.588. The summed E-state index contributed by atoms with van der Waals surface area (Å²) < 4.78 is 19.0. The average Bonchev–Trinajstić information content (AvgIpc) is 2.52. The van der Waals surface area contributed by atoms with Crippen molar-refractivity contribution in [3.8, 4) is 5.75 Å². The quantitative estimate of drug-likeness (QED) is 0.840. The molecule has 5 heteroatoms. The molecule has 2 rings (SSSR count). The minimum absolute atomic E-state index is 0.0430. The van der Waals surface area contributed by atoms with Crippen molar-refractivity contribution in [2.75, 3.05) is 20.2 Å². The third-order valence-corrected chi connectivity index (χ3v) is 4.43. The van der Waals surface area contributed by atoms with Gasteiger partial charge in [0.05, 0.1) is 13.0 Å². The molecule has 122 valence electrons. The van der Waals surface area contributed by atoms with E-state index in [1.807, 2.05) is 13.8 Å². The molecular weight excluding hydrogens is 285 g/mol. The molecule has 1 aromatic rings. The molecule has 0 radical (unpaired) electrons. The number of aromatic hydroxyl groups is 1. The van der Waals surface area contributed by atoms with Crippen LogP contribution >= 0.6 is 0 Å². The van der Waals surface area contributed by atoms with Crippen molar-refractivity contribution in [2.45, 2.75) is 38.5 Å². The highest BCUT2D eigenvalue weighted by molar-refractivity contribution is 5.79. The molecule has 0 aliphatic carbocycles. The molecule has 4 nitrogen and oxygen atoms in total. The van der Waals surface area contributed by atoms with E-state index in [0.29, 0.717) is 5.56 Å². The average molecular weight is 309 g/mol. The number of methoxy groups -OCH3 is 1. The summed E-state index contributed by atoms with van der Waals surface area (Å²) in [6, 6.07) is 3.08. The summed E-state index contributed by atoms with van der Waals surface area (Å²) in [5.74, 6) is -1.99. The summed E-state index contributed by atoms with van der Waals surface area (Å²) in [6.45, 7) is 5.52. The molecule has 0 spiro atoms. The molecule has 0 amide bonds. The van der Waals surface area contributed by atoms with Crippen molar-refractivity contribution < 1.29 is 19.0 Å². The number of carbonyl (C=O) groups is 1. The smallest absolute Gasteiger partial charge is 0.313 e. The Kier molecular flexibility index (Phi) is 5.40. The summed E-state index contributed by atoms with van der Waals surface area (Å²) in [6.07, 6.45) is 1.60. The minimum Gasteiger partial charge on any atom is -0.505 e. The highest BCUT2D eigenvalue weighted by Gasteiger charge is 2.34. The van der Waals surface area contributed by atoms with Gasteiger partial charge in [0.15, 0.2) is 11.6 Å². The Morgan fingerprint density at radius 3 is 2.55 bits per heavy atom. The van der Waals surface area contributed by atoms with Crippen LogP contribution in [0.3, 0.4) is 0 Å². The monoisotopic (exact) mass is 309 g/mol. The van der Waals surface area contributed by atoms with E-state index in [1.54, 1.807) is 6.07 Å². The van der Waals surface area contributed by atoms with E-state index in [9.17, 15) is 14.3 Å². The van der Waals surface area contributed by atoms with Gasteiger partial charge in [-0.25, -0.2) is 4.39 Å². The van der Waals surface area contributed by atoms with E-state index in [1.165, 1.54) is 13.2 Å². The van der Waals surface area contributed by atoms with Gasteiger partial charge in [-0.3, -0.25) is 4.79 Å². The topological polar surface area (TPSA) is 58.6 Å². The molecule has 1 heterocycles. The number of nitrogens with one attached hydrogen (secondary N) is 1. The van der Waals surface area contributed by atoms with Gasteiger partial charge in [-0.1, -0.05) is 19.9 Å². The molecule has 0 saturated carbocycles. The van der Waals surface area contributed by atoms with Crippen LogP contribution in [0.15, 0.2) is 12.1 Å². The Balaban J connectivity index is 2.48. The Bertz CT molecular complexity index is 539. The fourth-order valence-electron chi connectivity index (χ4n) is 3.09. The first-order valence-electron chi connectivity index (χ1n) is 7.76. The van der Waals surface area contributed by atoms with Gasteiger partial charge in [0.25, 0.3) is 0 Å². The Morgan fingerprint density at radius 1 is 1.36 bits per heavy atom. The highest BCUT2D eigenvalue weighted by atomic mass is 19.1. The molecule has 1 atom stereocenters. The van der Waals surface area contributed by atoms with Gasteiger partial charge in [-0.05, 0) is 49.4 Å². The number of ether oxygens (including phenoxy) is 1. The Labute approximate surface area is 130 Å². The van der Waals surface area contributed by atoms with Crippen molar-refractivity contribution >= 4 is 5.97 Å². The number of benzene rings is 1. The number of carbonyl (C=O) groups excluding carboxylic acids is 1. The third-order valence-electron chi connectivity index (χ3n) is 4.43. The van der Waals surface area contributed by atoms with Crippen LogP contribution in [0.5, 0.6) is 5.75 Å². The zero-order chi connectivity index (χ0) is 16.3. The number of halogens is 1. The van der Waals surface area contributed by atoms with Gasteiger partial charge in [-0.2, -0.15) is 0 Å². The molecular formula is C17H24FNO3. The van der Waals surface area contributed by atoms with Crippen LogP contribution in [0.1, 0.15) is 49.7 Å². The second kappa shape index (κ2) is 7.09. The van der Waals surface area contributed by atoms with E-state index in [0.717, 1.165) is 31.5 Å². The van der Waals surface area contributed by atoms with Gasteiger partial charge >= 0.3 is 5.97 Å². The molecule has 1 fully saturated rings. The zero-order valence-electron chi connectivity index (χ0n) is 13.4. The molecule has 1 aliphatic heterocycles. The van der Waals surface area contributed by atoms with Crippen LogP contribution in [-0.2, 0) is 9.53 Å². The van der Waals surface area contributed by atoms with E-state index in [4.69, 9.17) is 4.74 Å². The van der Waals surface area contributed by atoms with Crippen LogP contribution in [0.25, 0.3) is 0 Å². The van der Waals surface area contributed by atoms with Crippen LogP contribution in [-0.4, -0.2) is 31.3 Å². The SMILES string of the molecule is COC(=O)C(c1cc(C(C)C)cc(F)c1O)C1CCNCC1.